The van der Waals surface area contributed by atoms with E-state index in [1.807, 2.05) is 36.5 Å². The van der Waals surface area contributed by atoms with Crippen LogP contribution < -0.4 is 0 Å². The number of aliphatic hydroxyl groups excluding tert-OH is 1. The second kappa shape index (κ2) is 4.54. The molecule has 1 N–H and O–H groups in total. The molecule has 0 atom stereocenters. The standard InChI is InChI=1S/C13H12N4O/c18-8-6-10-9-17-13(15-10)5-4-12(16-17)11-3-1-2-7-14-11/h1-5,7,9,18H,6,8H2. The van der Waals surface area contributed by atoms with Crippen LogP contribution >= 0.6 is 0 Å². The number of rotatable bonds is 3. The fourth-order valence-electron chi connectivity index (χ4n) is 1.82. The molecule has 0 bridgehead atoms. The van der Waals surface area contributed by atoms with Gasteiger partial charge in [-0.15, -0.1) is 0 Å². The Morgan fingerprint density at radius 2 is 2.06 bits per heavy atom. The summed E-state index contributed by atoms with van der Waals surface area (Å²) in [5, 5.41) is 13.4. The number of aromatic nitrogens is 4. The largest absolute Gasteiger partial charge is 0.396 e. The Morgan fingerprint density at radius 3 is 2.83 bits per heavy atom. The Balaban J connectivity index is 2.05. The van der Waals surface area contributed by atoms with Gasteiger partial charge in [0, 0.05) is 19.2 Å². The van der Waals surface area contributed by atoms with Crippen LogP contribution in [0.1, 0.15) is 5.69 Å². The lowest BCUT2D eigenvalue weighted by atomic mass is 10.2. The summed E-state index contributed by atoms with van der Waals surface area (Å²) in [6, 6.07) is 9.52. The van der Waals surface area contributed by atoms with Crippen molar-refractivity contribution in [2.24, 2.45) is 0 Å². The summed E-state index contributed by atoms with van der Waals surface area (Å²) >= 11 is 0. The van der Waals surface area contributed by atoms with Crippen LogP contribution in [0, 0.1) is 0 Å². The summed E-state index contributed by atoms with van der Waals surface area (Å²) in [7, 11) is 0. The van der Waals surface area contributed by atoms with Crippen molar-refractivity contribution in [1.29, 1.82) is 0 Å². The average molecular weight is 240 g/mol. The van der Waals surface area contributed by atoms with E-state index in [1.165, 1.54) is 0 Å². The molecule has 0 saturated heterocycles. The maximum absolute atomic E-state index is 8.90. The molecule has 5 nitrogen and oxygen atoms in total. The van der Waals surface area contributed by atoms with E-state index >= 15 is 0 Å². The van der Waals surface area contributed by atoms with Crippen LogP contribution in [0.4, 0.5) is 0 Å². The minimum Gasteiger partial charge on any atom is -0.396 e. The van der Waals surface area contributed by atoms with E-state index in [-0.39, 0.29) is 6.61 Å². The molecule has 90 valence electrons. The normalized spacial score (nSPS) is 10.9. The second-order valence-corrected chi connectivity index (χ2v) is 3.94. The molecule has 0 aromatic carbocycles. The molecule has 0 aliphatic heterocycles. The zero-order valence-corrected chi connectivity index (χ0v) is 9.69. The molecule has 18 heavy (non-hydrogen) atoms. The van der Waals surface area contributed by atoms with Crippen LogP contribution in [0.15, 0.2) is 42.7 Å². The summed E-state index contributed by atoms with van der Waals surface area (Å²) in [6.45, 7) is 0.0942. The number of imidazole rings is 1. The number of fused-ring (bicyclic) bond motifs is 1. The van der Waals surface area contributed by atoms with Gasteiger partial charge < -0.3 is 5.11 Å². The summed E-state index contributed by atoms with van der Waals surface area (Å²) < 4.78 is 1.72. The predicted octanol–water partition coefficient (Wildman–Crippen LogP) is 1.33. The Morgan fingerprint density at radius 1 is 1.11 bits per heavy atom. The van der Waals surface area contributed by atoms with E-state index in [2.05, 4.69) is 15.1 Å². The summed E-state index contributed by atoms with van der Waals surface area (Å²) in [5.74, 6) is 0. The molecule has 0 unspecified atom stereocenters. The zero-order chi connectivity index (χ0) is 12.4. The van der Waals surface area contributed by atoms with E-state index in [1.54, 1.807) is 10.7 Å². The number of hydrogen-bond acceptors (Lipinski definition) is 4. The highest BCUT2D eigenvalue weighted by Crippen LogP contribution is 2.14. The maximum atomic E-state index is 8.90. The van der Waals surface area contributed by atoms with Crippen LogP contribution in [0.25, 0.3) is 17.0 Å². The van der Waals surface area contributed by atoms with Gasteiger partial charge in [-0.2, -0.15) is 5.10 Å². The minimum absolute atomic E-state index is 0.0942. The molecule has 0 aliphatic carbocycles. The summed E-state index contributed by atoms with van der Waals surface area (Å²) in [4.78, 5) is 8.62. The van der Waals surface area contributed by atoms with Crippen LogP contribution in [-0.2, 0) is 6.42 Å². The van der Waals surface area contributed by atoms with Crippen molar-refractivity contribution in [1.82, 2.24) is 19.6 Å². The molecule has 0 amide bonds. The minimum atomic E-state index is 0.0942. The highest BCUT2D eigenvalue weighted by Gasteiger charge is 2.05. The van der Waals surface area contributed by atoms with Crippen LogP contribution in [0.5, 0.6) is 0 Å². The van der Waals surface area contributed by atoms with Crippen molar-refractivity contribution >= 4 is 5.65 Å². The van der Waals surface area contributed by atoms with Crippen molar-refractivity contribution < 1.29 is 5.11 Å². The molecule has 0 radical (unpaired) electrons. The van der Waals surface area contributed by atoms with Crippen LogP contribution in [0.2, 0.25) is 0 Å². The van der Waals surface area contributed by atoms with E-state index in [0.717, 1.165) is 22.7 Å². The first-order valence-electron chi connectivity index (χ1n) is 5.74. The fraction of sp³-hybridized carbons (Fsp3) is 0.154. The van der Waals surface area contributed by atoms with Gasteiger partial charge in [-0.05, 0) is 24.3 Å². The lowest BCUT2D eigenvalue weighted by Crippen LogP contribution is -1.94. The first-order valence-corrected chi connectivity index (χ1v) is 5.74. The fourth-order valence-corrected chi connectivity index (χ4v) is 1.82. The van der Waals surface area contributed by atoms with Crippen molar-refractivity contribution in [2.45, 2.75) is 6.42 Å². The number of hydrogen-bond donors (Lipinski definition) is 1. The van der Waals surface area contributed by atoms with Gasteiger partial charge in [0.1, 0.15) is 5.69 Å². The zero-order valence-electron chi connectivity index (χ0n) is 9.69. The third-order valence-corrected chi connectivity index (χ3v) is 2.67. The van der Waals surface area contributed by atoms with Crippen LogP contribution in [-0.4, -0.2) is 31.3 Å². The lowest BCUT2D eigenvalue weighted by molar-refractivity contribution is 0.298. The molecule has 0 aliphatic rings. The van der Waals surface area contributed by atoms with Crippen molar-refractivity contribution in [3.8, 4) is 11.4 Å². The van der Waals surface area contributed by atoms with Gasteiger partial charge in [0.15, 0.2) is 5.65 Å². The van der Waals surface area contributed by atoms with E-state index in [9.17, 15) is 0 Å². The second-order valence-electron chi connectivity index (χ2n) is 3.94. The topological polar surface area (TPSA) is 63.3 Å². The monoisotopic (exact) mass is 240 g/mol. The molecule has 5 heteroatoms. The number of aliphatic hydroxyl groups is 1. The van der Waals surface area contributed by atoms with Crippen LogP contribution in [0.3, 0.4) is 0 Å². The Hall–Kier alpha value is -2.27. The molecule has 3 heterocycles. The predicted molar refractivity (Wildman–Crippen MR) is 67.0 cm³/mol. The molecular weight excluding hydrogens is 228 g/mol. The van der Waals surface area contributed by atoms with E-state index < -0.39 is 0 Å². The van der Waals surface area contributed by atoms with Gasteiger partial charge in [0.2, 0.25) is 0 Å². The molecule has 3 aromatic rings. The van der Waals surface area contributed by atoms with Gasteiger partial charge in [-0.3, -0.25) is 4.98 Å². The SMILES string of the molecule is OCCc1cn2nc(-c3ccccn3)ccc2n1. The Kier molecular flexibility index (Phi) is 2.74. The molecule has 3 rings (SSSR count). The summed E-state index contributed by atoms with van der Waals surface area (Å²) in [6.07, 6.45) is 4.12. The van der Waals surface area contributed by atoms with Gasteiger partial charge in [0.25, 0.3) is 0 Å². The lowest BCUT2D eigenvalue weighted by Gasteiger charge is -1.99. The van der Waals surface area contributed by atoms with E-state index in [0.29, 0.717) is 6.42 Å². The third kappa shape index (κ3) is 1.96. The highest BCUT2D eigenvalue weighted by atomic mass is 16.3. The molecular formula is C13H12N4O. The van der Waals surface area contributed by atoms with Gasteiger partial charge in [-0.1, -0.05) is 6.07 Å². The molecule has 0 saturated carbocycles. The molecule has 0 fully saturated rings. The first kappa shape index (κ1) is 10.9. The quantitative estimate of drug-likeness (QED) is 0.750. The first-order chi connectivity index (χ1) is 8.86. The number of pyridine rings is 1. The molecule has 3 aromatic heterocycles. The highest BCUT2D eigenvalue weighted by molar-refractivity contribution is 5.55. The Bertz CT molecular complexity index is 663. The van der Waals surface area contributed by atoms with Crippen molar-refractivity contribution in [3.63, 3.8) is 0 Å². The van der Waals surface area contributed by atoms with E-state index in [4.69, 9.17) is 5.11 Å². The third-order valence-electron chi connectivity index (χ3n) is 2.67. The van der Waals surface area contributed by atoms with Crippen molar-refractivity contribution in [3.05, 3.63) is 48.4 Å². The van der Waals surface area contributed by atoms with Gasteiger partial charge in [0.05, 0.1) is 17.6 Å². The Labute approximate surface area is 104 Å². The van der Waals surface area contributed by atoms with Crippen molar-refractivity contribution in [2.75, 3.05) is 6.61 Å². The average Bonchev–Trinajstić information content (AvgIpc) is 2.81. The maximum Gasteiger partial charge on any atom is 0.153 e. The number of nitrogens with zero attached hydrogens (tertiary/aromatic N) is 4. The van der Waals surface area contributed by atoms with Gasteiger partial charge >= 0.3 is 0 Å². The van der Waals surface area contributed by atoms with Gasteiger partial charge in [-0.25, -0.2) is 9.50 Å². The smallest absolute Gasteiger partial charge is 0.153 e. The summed E-state index contributed by atoms with van der Waals surface area (Å²) in [5.41, 5.74) is 3.24. The molecule has 0 spiro atoms.